The first-order valence-corrected chi connectivity index (χ1v) is 11.1. The molecule has 1 atom stereocenters. The lowest BCUT2D eigenvalue weighted by atomic mass is 9.99. The van der Waals surface area contributed by atoms with Crippen LogP contribution in [0.25, 0.3) is 0 Å². The van der Waals surface area contributed by atoms with Crippen molar-refractivity contribution in [1.29, 1.82) is 0 Å². The largest absolute Gasteiger partial charge is 0.494 e. The van der Waals surface area contributed by atoms with E-state index in [0.29, 0.717) is 29.6 Å². The highest BCUT2D eigenvalue weighted by Gasteiger charge is 2.35. The van der Waals surface area contributed by atoms with Crippen LogP contribution in [0.15, 0.2) is 54.7 Å². The maximum absolute atomic E-state index is 13.6. The zero-order valence-electron chi connectivity index (χ0n) is 19.0. The summed E-state index contributed by atoms with van der Waals surface area (Å²) in [6.45, 7) is 6.86. The summed E-state index contributed by atoms with van der Waals surface area (Å²) >= 11 is 0. The number of alkyl halides is 3. The number of anilines is 4. The van der Waals surface area contributed by atoms with Gasteiger partial charge in [-0.05, 0) is 48.6 Å². The van der Waals surface area contributed by atoms with E-state index in [1.807, 2.05) is 24.3 Å². The van der Waals surface area contributed by atoms with E-state index in [2.05, 4.69) is 41.4 Å². The second-order valence-electron chi connectivity index (χ2n) is 7.86. The van der Waals surface area contributed by atoms with E-state index < -0.39 is 11.7 Å². The fraction of sp³-hybridized carbons (Fsp3) is 0.360. The number of benzene rings is 2. The highest BCUT2D eigenvalue weighted by atomic mass is 19.4. The number of aromatic nitrogens is 2. The number of nitrogens with one attached hydrogen (secondary N) is 2. The van der Waals surface area contributed by atoms with Gasteiger partial charge in [-0.25, -0.2) is 4.98 Å². The Kier molecular flexibility index (Phi) is 8.14. The normalized spacial score (nSPS) is 12.3. The summed E-state index contributed by atoms with van der Waals surface area (Å²) in [5, 5.41) is 5.76. The molecule has 8 heteroatoms. The van der Waals surface area contributed by atoms with Crippen LogP contribution in [0.2, 0.25) is 0 Å². The Labute approximate surface area is 192 Å². The molecule has 33 heavy (non-hydrogen) atoms. The minimum absolute atomic E-state index is 0.0668. The van der Waals surface area contributed by atoms with Crippen molar-refractivity contribution in [2.45, 2.75) is 52.1 Å². The number of nitrogens with zero attached hydrogens (tertiary/aromatic N) is 2. The van der Waals surface area contributed by atoms with Crippen molar-refractivity contribution < 1.29 is 17.9 Å². The second kappa shape index (κ2) is 11.0. The summed E-state index contributed by atoms with van der Waals surface area (Å²) in [7, 11) is 0. The molecule has 1 unspecified atom stereocenters. The van der Waals surface area contributed by atoms with Crippen molar-refractivity contribution in [2.24, 2.45) is 0 Å². The fourth-order valence-electron chi connectivity index (χ4n) is 3.14. The monoisotopic (exact) mass is 458 g/mol. The molecule has 0 radical (unpaired) electrons. The van der Waals surface area contributed by atoms with Crippen LogP contribution in [0, 0.1) is 0 Å². The fourth-order valence-corrected chi connectivity index (χ4v) is 3.14. The Balaban J connectivity index is 1.83. The van der Waals surface area contributed by atoms with Gasteiger partial charge in [0, 0.05) is 23.6 Å². The predicted molar refractivity (Wildman–Crippen MR) is 126 cm³/mol. The van der Waals surface area contributed by atoms with Gasteiger partial charge in [-0.3, -0.25) is 0 Å². The van der Waals surface area contributed by atoms with Gasteiger partial charge in [-0.15, -0.1) is 0 Å². The number of rotatable bonds is 10. The lowest BCUT2D eigenvalue weighted by Crippen LogP contribution is -2.12. The lowest BCUT2D eigenvalue weighted by molar-refractivity contribution is -0.137. The lowest BCUT2D eigenvalue weighted by Gasteiger charge is -2.16. The molecule has 2 aromatic carbocycles. The summed E-state index contributed by atoms with van der Waals surface area (Å²) in [6, 6.07) is 14.5. The molecule has 0 fully saturated rings. The third-order valence-electron chi connectivity index (χ3n) is 5.31. The van der Waals surface area contributed by atoms with E-state index in [1.54, 1.807) is 24.3 Å². The number of hydrogen-bond acceptors (Lipinski definition) is 5. The van der Waals surface area contributed by atoms with Gasteiger partial charge >= 0.3 is 6.18 Å². The number of ether oxygens (including phenoxy) is 1. The predicted octanol–water partition coefficient (Wildman–Crippen LogP) is 7.68. The van der Waals surface area contributed by atoms with Crippen LogP contribution in [0.3, 0.4) is 0 Å². The SMILES string of the molecule is CCCCOc1cccc(Nc2nc(Nc3ccc(C(C)CC)cc3)ncc2C(F)(F)F)c1. The zero-order valence-corrected chi connectivity index (χ0v) is 19.0. The Morgan fingerprint density at radius 3 is 2.42 bits per heavy atom. The number of unbranched alkanes of at least 4 members (excludes halogenated alkanes) is 1. The van der Waals surface area contributed by atoms with E-state index >= 15 is 0 Å². The highest BCUT2D eigenvalue weighted by Crippen LogP contribution is 2.36. The summed E-state index contributed by atoms with van der Waals surface area (Å²) in [5.41, 5.74) is 1.38. The summed E-state index contributed by atoms with van der Waals surface area (Å²) in [4.78, 5) is 7.99. The van der Waals surface area contributed by atoms with Crippen molar-refractivity contribution in [1.82, 2.24) is 9.97 Å². The van der Waals surface area contributed by atoms with Gasteiger partial charge < -0.3 is 15.4 Å². The Bertz CT molecular complexity index is 1040. The van der Waals surface area contributed by atoms with Crippen molar-refractivity contribution in [3.05, 3.63) is 65.9 Å². The van der Waals surface area contributed by atoms with Gasteiger partial charge in [-0.1, -0.05) is 45.4 Å². The van der Waals surface area contributed by atoms with Crippen LogP contribution in [0.1, 0.15) is 57.1 Å². The molecule has 0 amide bonds. The third kappa shape index (κ3) is 6.84. The van der Waals surface area contributed by atoms with E-state index in [1.165, 1.54) is 5.56 Å². The van der Waals surface area contributed by atoms with Crippen molar-refractivity contribution >= 4 is 23.1 Å². The van der Waals surface area contributed by atoms with Crippen molar-refractivity contribution in [2.75, 3.05) is 17.2 Å². The standard InChI is InChI=1S/C25H29F3N4O/c1-4-6-14-33-21-9-7-8-20(15-21)30-23-22(25(26,27)28)16-29-24(32-23)31-19-12-10-18(11-13-19)17(3)5-2/h7-13,15-17H,4-6,14H2,1-3H3,(H2,29,30,31,32). The molecule has 0 aliphatic carbocycles. The molecular formula is C25H29F3N4O. The average molecular weight is 459 g/mol. The van der Waals surface area contributed by atoms with Crippen LogP contribution < -0.4 is 15.4 Å². The van der Waals surface area contributed by atoms with Crippen LogP contribution in [-0.2, 0) is 6.18 Å². The van der Waals surface area contributed by atoms with Gasteiger partial charge in [0.15, 0.2) is 0 Å². The van der Waals surface area contributed by atoms with Crippen LogP contribution in [-0.4, -0.2) is 16.6 Å². The second-order valence-corrected chi connectivity index (χ2v) is 7.86. The van der Waals surface area contributed by atoms with Gasteiger partial charge in [0.25, 0.3) is 0 Å². The first-order chi connectivity index (χ1) is 15.8. The van der Waals surface area contributed by atoms with Crippen LogP contribution in [0.4, 0.5) is 36.3 Å². The molecular weight excluding hydrogens is 429 g/mol. The molecule has 0 bridgehead atoms. The van der Waals surface area contributed by atoms with Crippen LogP contribution >= 0.6 is 0 Å². The van der Waals surface area contributed by atoms with E-state index in [0.717, 1.165) is 25.5 Å². The Morgan fingerprint density at radius 1 is 1.00 bits per heavy atom. The first kappa shape index (κ1) is 24.4. The maximum Gasteiger partial charge on any atom is 0.421 e. The molecule has 2 N–H and O–H groups in total. The quantitative estimate of drug-likeness (QED) is 0.305. The van der Waals surface area contributed by atoms with Crippen molar-refractivity contribution in [3.8, 4) is 5.75 Å². The summed E-state index contributed by atoms with van der Waals surface area (Å²) in [5.74, 6) is 0.744. The van der Waals surface area contributed by atoms with Gasteiger partial charge in [0.2, 0.25) is 5.95 Å². The molecule has 1 heterocycles. The van der Waals surface area contributed by atoms with Crippen LogP contribution in [0.5, 0.6) is 5.75 Å². The molecule has 0 aliphatic rings. The molecule has 0 saturated heterocycles. The van der Waals surface area contributed by atoms with E-state index in [4.69, 9.17) is 4.74 Å². The van der Waals surface area contributed by atoms with E-state index in [-0.39, 0.29) is 11.8 Å². The topological polar surface area (TPSA) is 59.1 Å². The molecule has 3 aromatic rings. The molecule has 1 aromatic heterocycles. The summed E-state index contributed by atoms with van der Waals surface area (Å²) in [6.07, 6.45) is -0.908. The Hall–Kier alpha value is -3.29. The molecule has 0 aliphatic heterocycles. The minimum atomic E-state index is -4.60. The van der Waals surface area contributed by atoms with Crippen molar-refractivity contribution in [3.63, 3.8) is 0 Å². The first-order valence-electron chi connectivity index (χ1n) is 11.1. The molecule has 0 spiro atoms. The average Bonchev–Trinajstić information content (AvgIpc) is 2.79. The number of hydrogen-bond donors (Lipinski definition) is 2. The maximum atomic E-state index is 13.6. The molecule has 5 nitrogen and oxygen atoms in total. The molecule has 3 rings (SSSR count). The number of halogens is 3. The zero-order chi connectivity index (χ0) is 23.8. The smallest absolute Gasteiger partial charge is 0.421 e. The molecule has 0 saturated carbocycles. The molecule has 176 valence electrons. The third-order valence-corrected chi connectivity index (χ3v) is 5.31. The Morgan fingerprint density at radius 2 is 1.76 bits per heavy atom. The van der Waals surface area contributed by atoms with Gasteiger partial charge in [0.05, 0.1) is 6.61 Å². The van der Waals surface area contributed by atoms with Gasteiger partial charge in [0.1, 0.15) is 17.1 Å². The summed E-state index contributed by atoms with van der Waals surface area (Å²) < 4.78 is 46.4. The highest BCUT2D eigenvalue weighted by molar-refractivity contribution is 5.64. The minimum Gasteiger partial charge on any atom is -0.494 e. The van der Waals surface area contributed by atoms with Gasteiger partial charge in [-0.2, -0.15) is 18.2 Å². The van der Waals surface area contributed by atoms with E-state index in [9.17, 15) is 13.2 Å².